The van der Waals surface area contributed by atoms with Crippen molar-refractivity contribution < 1.29 is 19.5 Å². The van der Waals surface area contributed by atoms with E-state index >= 15 is 0 Å². The highest BCUT2D eigenvalue weighted by atomic mass is 16.5. The molecule has 2 rings (SSSR count). The number of carbonyl (C=O) groups is 1. The van der Waals surface area contributed by atoms with Gasteiger partial charge in [-0.05, 0) is 37.0 Å². The van der Waals surface area contributed by atoms with Gasteiger partial charge in [0.1, 0.15) is 11.9 Å². The second-order valence-electron chi connectivity index (χ2n) is 4.73. The lowest BCUT2D eigenvalue weighted by Gasteiger charge is -2.25. The lowest BCUT2D eigenvalue weighted by Crippen LogP contribution is -2.26. The van der Waals surface area contributed by atoms with Crippen LogP contribution in [-0.2, 0) is 22.4 Å². The summed E-state index contributed by atoms with van der Waals surface area (Å²) in [6.45, 7) is 2.20. The summed E-state index contributed by atoms with van der Waals surface area (Å²) < 4.78 is 10.8. The fourth-order valence-corrected chi connectivity index (χ4v) is 2.32. The van der Waals surface area contributed by atoms with Crippen LogP contribution in [0.15, 0.2) is 23.4 Å². The van der Waals surface area contributed by atoms with Crippen molar-refractivity contribution in [2.24, 2.45) is 5.16 Å². The molecule has 1 aliphatic rings. The topological polar surface area (TPSA) is 68.1 Å². The number of fused-ring (bicyclic) bond motifs is 1. The SMILES string of the molecule is CCOC(=O)C[C@@H]1CCc2cc(CC=NO)ccc2O1. The average Bonchev–Trinajstić information content (AvgIpc) is 2.45. The van der Waals surface area contributed by atoms with Gasteiger partial charge in [-0.15, -0.1) is 5.16 Å². The largest absolute Gasteiger partial charge is 0.490 e. The van der Waals surface area contributed by atoms with Gasteiger partial charge >= 0.3 is 5.97 Å². The van der Waals surface area contributed by atoms with Crippen molar-refractivity contribution in [3.8, 4) is 5.75 Å². The van der Waals surface area contributed by atoms with Crippen molar-refractivity contribution in [2.75, 3.05) is 6.61 Å². The van der Waals surface area contributed by atoms with Crippen LogP contribution in [0.4, 0.5) is 0 Å². The Labute approximate surface area is 118 Å². The first-order chi connectivity index (χ1) is 9.72. The Balaban J connectivity index is 1.98. The minimum absolute atomic E-state index is 0.105. The van der Waals surface area contributed by atoms with E-state index in [4.69, 9.17) is 14.7 Å². The molecule has 0 bridgehead atoms. The predicted molar refractivity (Wildman–Crippen MR) is 74.4 cm³/mol. The van der Waals surface area contributed by atoms with Crippen LogP contribution < -0.4 is 4.74 Å². The predicted octanol–water partition coefficient (Wildman–Crippen LogP) is 2.34. The Kier molecular flexibility index (Phi) is 4.98. The monoisotopic (exact) mass is 277 g/mol. The van der Waals surface area contributed by atoms with Crippen molar-refractivity contribution in [3.05, 3.63) is 29.3 Å². The molecule has 1 aromatic carbocycles. The molecule has 0 saturated carbocycles. The van der Waals surface area contributed by atoms with Crippen molar-refractivity contribution in [1.82, 2.24) is 0 Å². The van der Waals surface area contributed by atoms with E-state index in [1.165, 1.54) is 6.21 Å². The summed E-state index contributed by atoms with van der Waals surface area (Å²) >= 11 is 0. The smallest absolute Gasteiger partial charge is 0.309 e. The molecule has 0 saturated heterocycles. The van der Waals surface area contributed by atoms with E-state index in [-0.39, 0.29) is 12.1 Å². The summed E-state index contributed by atoms with van der Waals surface area (Å²) in [4.78, 5) is 11.5. The van der Waals surface area contributed by atoms with Crippen LogP contribution in [0.1, 0.15) is 30.9 Å². The van der Waals surface area contributed by atoms with Crippen LogP contribution in [0.25, 0.3) is 0 Å². The van der Waals surface area contributed by atoms with Gasteiger partial charge in [0, 0.05) is 12.6 Å². The number of benzene rings is 1. The molecule has 0 spiro atoms. The van der Waals surface area contributed by atoms with Gasteiger partial charge in [-0.25, -0.2) is 0 Å². The van der Waals surface area contributed by atoms with E-state index < -0.39 is 0 Å². The number of esters is 1. The maximum atomic E-state index is 11.5. The van der Waals surface area contributed by atoms with E-state index in [0.29, 0.717) is 19.4 Å². The summed E-state index contributed by atoms with van der Waals surface area (Å²) in [7, 11) is 0. The van der Waals surface area contributed by atoms with Crippen LogP contribution in [0.2, 0.25) is 0 Å². The van der Waals surface area contributed by atoms with E-state index in [1.807, 2.05) is 12.1 Å². The molecule has 0 aromatic heterocycles. The Hall–Kier alpha value is -2.04. The van der Waals surface area contributed by atoms with Gasteiger partial charge in [0.15, 0.2) is 0 Å². The minimum atomic E-state index is -0.211. The van der Waals surface area contributed by atoms with E-state index in [2.05, 4.69) is 11.2 Å². The summed E-state index contributed by atoms with van der Waals surface area (Å²) in [6.07, 6.45) is 3.93. The van der Waals surface area contributed by atoms with Gasteiger partial charge in [0.25, 0.3) is 0 Å². The maximum Gasteiger partial charge on any atom is 0.309 e. The zero-order chi connectivity index (χ0) is 14.4. The third kappa shape index (κ3) is 3.73. The number of hydrogen-bond acceptors (Lipinski definition) is 5. The Morgan fingerprint density at radius 1 is 1.60 bits per heavy atom. The van der Waals surface area contributed by atoms with Gasteiger partial charge in [0.05, 0.1) is 13.0 Å². The molecule has 20 heavy (non-hydrogen) atoms. The molecular weight excluding hydrogens is 258 g/mol. The molecule has 0 unspecified atom stereocenters. The standard InChI is InChI=1S/C15H19NO4/c1-2-19-15(17)10-13-5-4-12-9-11(7-8-16-18)3-6-14(12)20-13/h3,6,8-9,13,18H,2,4-5,7,10H2,1H3/t13-/m0/s1. The van der Waals surface area contributed by atoms with E-state index in [0.717, 1.165) is 29.7 Å². The molecule has 1 aliphatic heterocycles. The highest BCUT2D eigenvalue weighted by molar-refractivity contribution is 5.70. The molecule has 1 atom stereocenters. The third-order valence-corrected chi connectivity index (χ3v) is 3.26. The zero-order valence-electron chi connectivity index (χ0n) is 11.5. The van der Waals surface area contributed by atoms with Crippen molar-refractivity contribution in [1.29, 1.82) is 0 Å². The average molecular weight is 277 g/mol. The molecular formula is C15H19NO4. The number of aryl methyl sites for hydroxylation is 1. The molecule has 1 heterocycles. The van der Waals surface area contributed by atoms with Gasteiger partial charge < -0.3 is 14.7 Å². The van der Waals surface area contributed by atoms with Crippen LogP contribution in [0.3, 0.4) is 0 Å². The summed E-state index contributed by atoms with van der Waals surface area (Å²) in [5.74, 6) is 0.618. The number of carbonyl (C=O) groups excluding carboxylic acids is 1. The fourth-order valence-electron chi connectivity index (χ4n) is 2.32. The Morgan fingerprint density at radius 2 is 2.45 bits per heavy atom. The molecule has 0 aliphatic carbocycles. The molecule has 0 amide bonds. The summed E-state index contributed by atoms with van der Waals surface area (Å²) in [5.41, 5.74) is 2.21. The van der Waals surface area contributed by atoms with Gasteiger partial charge in [0.2, 0.25) is 0 Å². The molecule has 0 radical (unpaired) electrons. The quantitative estimate of drug-likeness (QED) is 0.388. The second-order valence-corrected chi connectivity index (χ2v) is 4.73. The van der Waals surface area contributed by atoms with Gasteiger partial charge in [-0.3, -0.25) is 4.79 Å². The van der Waals surface area contributed by atoms with Crippen LogP contribution in [-0.4, -0.2) is 30.1 Å². The van der Waals surface area contributed by atoms with Crippen molar-refractivity contribution >= 4 is 12.2 Å². The zero-order valence-corrected chi connectivity index (χ0v) is 11.5. The molecule has 5 heteroatoms. The van der Waals surface area contributed by atoms with Gasteiger partial charge in [-0.2, -0.15) is 0 Å². The number of oxime groups is 1. The fraction of sp³-hybridized carbons (Fsp3) is 0.467. The minimum Gasteiger partial charge on any atom is -0.490 e. The molecule has 0 fully saturated rings. The second kappa shape index (κ2) is 6.93. The highest BCUT2D eigenvalue weighted by Gasteiger charge is 2.22. The van der Waals surface area contributed by atoms with Crippen LogP contribution >= 0.6 is 0 Å². The first-order valence-corrected chi connectivity index (χ1v) is 6.83. The molecule has 5 nitrogen and oxygen atoms in total. The first kappa shape index (κ1) is 14.4. The van der Waals surface area contributed by atoms with Gasteiger partial charge in [-0.1, -0.05) is 12.1 Å². The Morgan fingerprint density at radius 3 is 3.20 bits per heavy atom. The van der Waals surface area contributed by atoms with E-state index in [9.17, 15) is 4.79 Å². The normalized spacial score (nSPS) is 17.6. The first-order valence-electron chi connectivity index (χ1n) is 6.83. The third-order valence-electron chi connectivity index (χ3n) is 3.26. The lowest BCUT2D eigenvalue weighted by molar-refractivity contribution is -0.145. The summed E-state index contributed by atoms with van der Waals surface area (Å²) in [6, 6.07) is 5.90. The number of hydrogen-bond donors (Lipinski definition) is 1. The van der Waals surface area contributed by atoms with Crippen molar-refractivity contribution in [3.63, 3.8) is 0 Å². The molecule has 1 aromatic rings. The number of nitrogens with zero attached hydrogens (tertiary/aromatic N) is 1. The summed E-state index contributed by atoms with van der Waals surface area (Å²) in [5, 5.41) is 11.4. The number of rotatable bonds is 5. The Bertz CT molecular complexity index is 499. The number of ether oxygens (including phenoxy) is 2. The highest BCUT2D eigenvalue weighted by Crippen LogP contribution is 2.29. The van der Waals surface area contributed by atoms with E-state index in [1.54, 1.807) is 6.92 Å². The van der Waals surface area contributed by atoms with Crippen LogP contribution in [0, 0.1) is 0 Å². The van der Waals surface area contributed by atoms with Crippen LogP contribution in [0.5, 0.6) is 5.75 Å². The van der Waals surface area contributed by atoms with Crippen molar-refractivity contribution in [2.45, 2.75) is 38.7 Å². The lowest BCUT2D eigenvalue weighted by atomic mass is 9.98. The maximum absolute atomic E-state index is 11.5. The molecule has 1 N–H and O–H groups in total. The molecule has 108 valence electrons.